The first-order valence-corrected chi connectivity index (χ1v) is 6.86. The van der Waals surface area contributed by atoms with E-state index in [1.54, 1.807) is 7.05 Å². The molecular weight excluding hydrogens is 264 g/mol. The number of nitrogens with zero attached hydrogens (tertiary/aromatic N) is 3. The molecule has 1 N–H and O–H groups in total. The lowest BCUT2D eigenvalue weighted by molar-refractivity contribution is -0.120. The van der Waals surface area contributed by atoms with Gasteiger partial charge in [0.05, 0.1) is 0 Å². The van der Waals surface area contributed by atoms with Gasteiger partial charge in [-0.3, -0.25) is 4.79 Å². The van der Waals surface area contributed by atoms with Crippen molar-refractivity contribution in [1.82, 2.24) is 15.3 Å². The Hall–Kier alpha value is -1.36. The van der Waals surface area contributed by atoms with Gasteiger partial charge in [-0.05, 0) is 19.8 Å². The zero-order valence-electron chi connectivity index (χ0n) is 11.5. The summed E-state index contributed by atoms with van der Waals surface area (Å²) in [6, 6.07) is 0. The highest BCUT2D eigenvalue weighted by Crippen LogP contribution is 2.39. The maximum Gasteiger partial charge on any atom is 0.221 e. The molecule has 1 saturated carbocycles. The molecule has 19 heavy (non-hydrogen) atoms. The van der Waals surface area contributed by atoms with Gasteiger partial charge >= 0.3 is 0 Å². The van der Waals surface area contributed by atoms with Crippen LogP contribution in [0.2, 0.25) is 5.15 Å². The van der Waals surface area contributed by atoms with Crippen LogP contribution in [-0.4, -0.2) is 36.5 Å². The minimum Gasteiger partial charge on any atom is -0.359 e. The molecule has 0 aromatic carbocycles. The molecule has 104 valence electrons. The standard InChI is InChI=1S/C13H19ClN4O/c1-8-11(14)16-12(9-4-5-9)17-13(8)18(3)7-6-10(19)15-2/h9H,4-7H2,1-3H3,(H,15,19). The van der Waals surface area contributed by atoms with E-state index in [-0.39, 0.29) is 5.91 Å². The predicted molar refractivity (Wildman–Crippen MR) is 75.7 cm³/mol. The molecule has 5 nitrogen and oxygen atoms in total. The van der Waals surface area contributed by atoms with E-state index in [2.05, 4.69) is 15.3 Å². The van der Waals surface area contributed by atoms with E-state index in [0.29, 0.717) is 24.0 Å². The zero-order chi connectivity index (χ0) is 14.0. The van der Waals surface area contributed by atoms with Crippen LogP contribution < -0.4 is 10.2 Å². The Labute approximate surface area is 118 Å². The van der Waals surface area contributed by atoms with Crippen LogP contribution in [0.15, 0.2) is 0 Å². The zero-order valence-corrected chi connectivity index (χ0v) is 12.3. The number of carbonyl (C=O) groups is 1. The molecular formula is C13H19ClN4O. The third-order valence-electron chi connectivity index (χ3n) is 3.34. The minimum atomic E-state index is 0.0204. The summed E-state index contributed by atoms with van der Waals surface area (Å²) >= 11 is 6.17. The van der Waals surface area contributed by atoms with Crippen molar-refractivity contribution < 1.29 is 4.79 Å². The van der Waals surface area contributed by atoms with Crippen molar-refractivity contribution in [3.63, 3.8) is 0 Å². The van der Waals surface area contributed by atoms with Crippen LogP contribution in [0, 0.1) is 6.92 Å². The highest BCUT2D eigenvalue weighted by molar-refractivity contribution is 6.30. The molecule has 0 saturated heterocycles. The fraction of sp³-hybridized carbons (Fsp3) is 0.615. The number of hydrogen-bond acceptors (Lipinski definition) is 4. The summed E-state index contributed by atoms with van der Waals surface area (Å²) in [7, 11) is 3.56. The fourth-order valence-electron chi connectivity index (χ4n) is 1.89. The molecule has 0 aliphatic heterocycles. The predicted octanol–water partition coefficient (Wildman–Crippen LogP) is 1.89. The molecule has 1 aromatic rings. The maximum atomic E-state index is 11.3. The molecule has 6 heteroatoms. The topological polar surface area (TPSA) is 58.1 Å². The van der Waals surface area contributed by atoms with Crippen LogP contribution in [0.3, 0.4) is 0 Å². The van der Waals surface area contributed by atoms with Crippen molar-refractivity contribution in [2.45, 2.75) is 32.1 Å². The van der Waals surface area contributed by atoms with Gasteiger partial charge < -0.3 is 10.2 Å². The Kier molecular flexibility index (Phi) is 4.24. The van der Waals surface area contributed by atoms with E-state index in [4.69, 9.17) is 11.6 Å². The van der Waals surface area contributed by atoms with E-state index < -0.39 is 0 Å². The smallest absolute Gasteiger partial charge is 0.221 e. The van der Waals surface area contributed by atoms with E-state index in [9.17, 15) is 4.79 Å². The Balaban J connectivity index is 2.15. The molecule has 0 atom stereocenters. The molecule has 1 heterocycles. The summed E-state index contributed by atoms with van der Waals surface area (Å²) in [5.41, 5.74) is 0.866. The second kappa shape index (κ2) is 5.74. The number of amides is 1. The van der Waals surface area contributed by atoms with Gasteiger partial charge in [-0.2, -0.15) is 0 Å². The van der Waals surface area contributed by atoms with Gasteiger partial charge in [0.15, 0.2) is 0 Å². The van der Waals surface area contributed by atoms with Gasteiger partial charge in [-0.15, -0.1) is 0 Å². The van der Waals surface area contributed by atoms with E-state index in [0.717, 1.165) is 30.0 Å². The number of halogens is 1. The van der Waals surface area contributed by atoms with Crippen LogP contribution >= 0.6 is 11.6 Å². The summed E-state index contributed by atoms with van der Waals surface area (Å²) < 4.78 is 0. The summed E-state index contributed by atoms with van der Waals surface area (Å²) in [6.45, 7) is 2.52. The van der Waals surface area contributed by atoms with Crippen LogP contribution in [-0.2, 0) is 4.79 Å². The van der Waals surface area contributed by atoms with Crippen molar-refractivity contribution in [3.05, 3.63) is 16.5 Å². The SMILES string of the molecule is CNC(=O)CCN(C)c1nc(C2CC2)nc(Cl)c1C. The number of aromatic nitrogens is 2. The van der Waals surface area contributed by atoms with Crippen molar-refractivity contribution in [2.24, 2.45) is 0 Å². The maximum absolute atomic E-state index is 11.3. The van der Waals surface area contributed by atoms with Crippen LogP contribution in [0.1, 0.15) is 36.6 Å². The molecule has 0 spiro atoms. The molecule has 0 unspecified atom stereocenters. The first-order chi connectivity index (χ1) is 9.02. The average molecular weight is 283 g/mol. The minimum absolute atomic E-state index is 0.0204. The molecule has 1 aromatic heterocycles. The molecule has 0 radical (unpaired) electrons. The lowest BCUT2D eigenvalue weighted by Gasteiger charge is -2.20. The number of rotatable bonds is 5. The van der Waals surface area contributed by atoms with E-state index in [1.165, 1.54) is 0 Å². The van der Waals surface area contributed by atoms with Crippen LogP contribution in [0.25, 0.3) is 0 Å². The van der Waals surface area contributed by atoms with Gasteiger partial charge in [-0.1, -0.05) is 11.6 Å². The summed E-state index contributed by atoms with van der Waals surface area (Å²) in [6.07, 6.45) is 2.72. The normalized spacial score (nSPS) is 14.3. The quantitative estimate of drug-likeness (QED) is 0.838. The number of carbonyl (C=O) groups excluding carboxylic acids is 1. The lowest BCUT2D eigenvalue weighted by Crippen LogP contribution is -2.27. The van der Waals surface area contributed by atoms with Gasteiger partial charge in [-0.25, -0.2) is 9.97 Å². The second-order valence-corrected chi connectivity index (χ2v) is 5.30. The van der Waals surface area contributed by atoms with Gasteiger partial charge in [0.2, 0.25) is 5.91 Å². The van der Waals surface area contributed by atoms with Crippen molar-refractivity contribution in [2.75, 3.05) is 25.5 Å². The molecule has 1 aliphatic rings. The first-order valence-electron chi connectivity index (χ1n) is 6.48. The van der Waals surface area contributed by atoms with Crippen LogP contribution in [0.4, 0.5) is 5.82 Å². The summed E-state index contributed by atoms with van der Waals surface area (Å²) in [5, 5.41) is 3.13. The highest BCUT2D eigenvalue weighted by atomic mass is 35.5. The van der Waals surface area contributed by atoms with Gasteiger partial charge in [0.25, 0.3) is 0 Å². The monoisotopic (exact) mass is 282 g/mol. The van der Waals surface area contributed by atoms with Crippen LogP contribution in [0.5, 0.6) is 0 Å². The molecule has 1 amide bonds. The Morgan fingerprint density at radius 3 is 2.74 bits per heavy atom. The molecule has 0 bridgehead atoms. The molecule has 1 fully saturated rings. The number of hydrogen-bond donors (Lipinski definition) is 1. The van der Waals surface area contributed by atoms with Crippen molar-refractivity contribution in [1.29, 1.82) is 0 Å². The third-order valence-corrected chi connectivity index (χ3v) is 3.70. The Bertz CT molecular complexity index is 488. The highest BCUT2D eigenvalue weighted by Gasteiger charge is 2.28. The third kappa shape index (κ3) is 3.35. The first kappa shape index (κ1) is 14.1. The number of anilines is 1. The van der Waals surface area contributed by atoms with Gasteiger partial charge in [0, 0.05) is 38.5 Å². The molecule has 2 rings (SSSR count). The number of nitrogens with one attached hydrogen (secondary N) is 1. The lowest BCUT2D eigenvalue weighted by atomic mass is 10.3. The molecule has 1 aliphatic carbocycles. The largest absolute Gasteiger partial charge is 0.359 e. The summed E-state index contributed by atoms with van der Waals surface area (Å²) in [5.74, 6) is 2.14. The second-order valence-electron chi connectivity index (χ2n) is 4.94. The Morgan fingerprint density at radius 1 is 1.47 bits per heavy atom. The Morgan fingerprint density at radius 2 is 2.16 bits per heavy atom. The van der Waals surface area contributed by atoms with Gasteiger partial charge in [0.1, 0.15) is 16.8 Å². The average Bonchev–Trinajstić information content (AvgIpc) is 3.22. The van der Waals surface area contributed by atoms with Crippen molar-refractivity contribution in [3.8, 4) is 0 Å². The van der Waals surface area contributed by atoms with Crippen molar-refractivity contribution >= 4 is 23.3 Å². The van der Waals surface area contributed by atoms with E-state index >= 15 is 0 Å². The fourth-order valence-corrected chi connectivity index (χ4v) is 2.06. The van der Waals surface area contributed by atoms with E-state index in [1.807, 2.05) is 18.9 Å². The summed E-state index contributed by atoms with van der Waals surface area (Å²) in [4.78, 5) is 22.2.